The summed E-state index contributed by atoms with van der Waals surface area (Å²) in [7, 11) is 0. The van der Waals surface area contributed by atoms with Gasteiger partial charge in [-0.1, -0.05) is 36.2 Å². The van der Waals surface area contributed by atoms with Crippen molar-refractivity contribution in [1.29, 1.82) is 0 Å². The fraction of sp³-hybridized carbons (Fsp3) is 0.538. The SMILES string of the molecule is Cc1ccc(CC2CCCC2Cl)cc1. The number of halogens is 1. The van der Waals surface area contributed by atoms with Crippen LogP contribution in [0.15, 0.2) is 24.3 Å². The number of aryl methyl sites for hydroxylation is 1. The normalized spacial score (nSPS) is 26.7. The van der Waals surface area contributed by atoms with Gasteiger partial charge >= 0.3 is 0 Å². The van der Waals surface area contributed by atoms with Gasteiger partial charge in [0.2, 0.25) is 0 Å². The molecule has 76 valence electrons. The minimum Gasteiger partial charge on any atom is -0.123 e. The number of alkyl halides is 1. The van der Waals surface area contributed by atoms with Crippen molar-refractivity contribution in [1.82, 2.24) is 0 Å². The second-order valence-electron chi connectivity index (χ2n) is 4.40. The van der Waals surface area contributed by atoms with Crippen LogP contribution in [0.1, 0.15) is 30.4 Å². The van der Waals surface area contributed by atoms with Gasteiger partial charge in [-0.3, -0.25) is 0 Å². The topological polar surface area (TPSA) is 0 Å². The average Bonchev–Trinajstić information content (AvgIpc) is 2.56. The summed E-state index contributed by atoms with van der Waals surface area (Å²) in [5.74, 6) is 0.708. The largest absolute Gasteiger partial charge is 0.123 e. The van der Waals surface area contributed by atoms with E-state index in [1.165, 1.54) is 30.4 Å². The molecule has 1 saturated carbocycles. The Bertz CT molecular complexity index is 289. The summed E-state index contributed by atoms with van der Waals surface area (Å²) in [6.07, 6.45) is 4.99. The maximum absolute atomic E-state index is 6.26. The van der Waals surface area contributed by atoms with Gasteiger partial charge in [-0.2, -0.15) is 0 Å². The molecule has 1 aromatic carbocycles. The van der Waals surface area contributed by atoms with E-state index < -0.39 is 0 Å². The van der Waals surface area contributed by atoms with Crippen molar-refractivity contribution in [3.8, 4) is 0 Å². The number of hydrogen-bond acceptors (Lipinski definition) is 0. The highest BCUT2D eigenvalue weighted by atomic mass is 35.5. The molecule has 0 amide bonds. The fourth-order valence-corrected chi connectivity index (χ4v) is 2.62. The zero-order valence-electron chi connectivity index (χ0n) is 8.67. The summed E-state index contributed by atoms with van der Waals surface area (Å²) < 4.78 is 0. The van der Waals surface area contributed by atoms with Crippen LogP contribution in [0, 0.1) is 12.8 Å². The molecule has 1 aliphatic rings. The molecule has 0 heterocycles. The lowest BCUT2D eigenvalue weighted by Crippen LogP contribution is -2.09. The van der Waals surface area contributed by atoms with E-state index in [0.29, 0.717) is 11.3 Å². The van der Waals surface area contributed by atoms with Gasteiger partial charge in [0.15, 0.2) is 0 Å². The Balaban J connectivity index is 2.00. The molecule has 0 aliphatic heterocycles. The Kier molecular flexibility index (Phi) is 3.12. The average molecular weight is 209 g/mol. The molecule has 0 aromatic heterocycles. The zero-order chi connectivity index (χ0) is 9.97. The van der Waals surface area contributed by atoms with Crippen LogP contribution < -0.4 is 0 Å². The van der Waals surface area contributed by atoms with Crippen LogP contribution in [0.4, 0.5) is 0 Å². The van der Waals surface area contributed by atoms with Gasteiger partial charge in [-0.15, -0.1) is 11.6 Å². The molecule has 2 rings (SSSR count). The minimum atomic E-state index is 0.413. The fourth-order valence-electron chi connectivity index (χ4n) is 2.25. The van der Waals surface area contributed by atoms with Gasteiger partial charge in [0.25, 0.3) is 0 Å². The molecule has 1 aromatic rings. The Labute approximate surface area is 91.3 Å². The molecule has 0 radical (unpaired) electrons. The summed E-state index contributed by atoms with van der Waals surface area (Å²) in [5.41, 5.74) is 2.77. The Morgan fingerprint density at radius 1 is 1.21 bits per heavy atom. The molecule has 1 heteroatoms. The lowest BCUT2D eigenvalue weighted by Gasteiger charge is -2.13. The number of hydrogen-bond donors (Lipinski definition) is 0. The van der Waals surface area contributed by atoms with E-state index in [1.54, 1.807) is 0 Å². The molecule has 0 nitrogen and oxygen atoms in total. The third kappa shape index (κ3) is 2.30. The smallest absolute Gasteiger partial charge is 0.0367 e. The van der Waals surface area contributed by atoms with Crippen molar-refractivity contribution in [2.75, 3.05) is 0 Å². The highest BCUT2D eigenvalue weighted by molar-refractivity contribution is 6.20. The van der Waals surface area contributed by atoms with Crippen molar-refractivity contribution in [2.45, 2.75) is 38.0 Å². The highest BCUT2D eigenvalue weighted by Gasteiger charge is 2.24. The molecule has 1 fully saturated rings. The monoisotopic (exact) mass is 208 g/mol. The maximum Gasteiger partial charge on any atom is 0.0367 e. The Morgan fingerprint density at radius 2 is 1.93 bits per heavy atom. The molecule has 14 heavy (non-hydrogen) atoms. The first-order valence-corrected chi connectivity index (χ1v) is 5.89. The van der Waals surface area contributed by atoms with E-state index in [9.17, 15) is 0 Å². The first-order chi connectivity index (χ1) is 6.75. The van der Waals surface area contributed by atoms with Crippen molar-refractivity contribution in [2.24, 2.45) is 5.92 Å². The van der Waals surface area contributed by atoms with E-state index >= 15 is 0 Å². The molecule has 2 unspecified atom stereocenters. The maximum atomic E-state index is 6.26. The van der Waals surface area contributed by atoms with E-state index in [2.05, 4.69) is 31.2 Å². The van der Waals surface area contributed by atoms with Crippen molar-refractivity contribution < 1.29 is 0 Å². The lowest BCUT2D eigenvalue weighted by molar-refractivity contribution is 0.552. The molecule has 2 atom stereocenters. The summed E-state index contributed by atoms with van der Waals surface area (Å²) in [4.78, 5) is 0. The lowest BCUT2D eigenvalue weighted by atomic mass is 9.97. The Morgan fingerprint density at radius 3 is 2.50 bits per heavy atom. The van der Waals surface area contributed by atoms with E-state index in [0.717, 1.165) is 6.42 Å². The molecular weight excluding hydrogens is 192 g/mol. The predicted octanol–water partition coefficient (Wildman–Crippen LogP) is 3.95. The van der Waals surface area contributed by atoms with Crippen molar-refractivity contribution >= 4 is 11.6 Å². The summed E-state index contributed by atoms with van der Waals surface area (Å²) in [6.45, 7) is 2.13. The highest BCUT2D eigenvalue weighted by Crippen LogP contribution is 2.32. The van der Waals surface area contributed by atoms with Crippen LogP contribution >= 0.6 is 11.6 Å². The van der Waals surface area contributed by atoms with E-state index in [1.807, 2.05) is 0 Å². The molecule has 0 N–H and O–H groups in total. The van der Waals surface area contributed by atoms with E-state index in [-0.39, 0.29) is 0 Å². The van der Waals surface area contributed by atoms with Crippen LogP contribution in [-0.2, 0) is 6.42 Å². The van der Waals surface area contributed by atoms with Gasteiger partial charge in [-0.05, 0) is 37.7 Å². The minimum absolute atomic E-state index is 0.413. The predicted molar refractivity (Wildman–Crippen MR) is 61.9 cm³/mol. The van der Waals surface area contributed by atoms with Crippen LogP contribution in [-0.4, -0.2) is 5.38 Å². The summed E-state index contributed by atoms with van der Waals surface area (Å²) in [5, 5.41) is 0.413. The van der Waals surface area contributed by atoms with E-state index in [4.69, 9.17) is 11.6 Å². The summed E-state index contributed by atoms with van der Waals surface area (Å²) in [6, 6.07) is 8.84. The third-order valence-corrected chi connectivity index (χ3v) is 3.76. The molecule has 0 spiro atoms. The number of benzene rings is 1. The van der Waals surface area contributed by atoms with Gasteiger partial charge in [0.05, 0.1) is 0 Å². The second kappa shape index (κ2) is 4.35. The standard InChI is InChI=1S/C13H17Cl/c1-10-5-7-11(8-6-10)9-12-3-2-4-13(12)14/h5-8,12-13H,2-4,9H2,1H3. The quantitative estimate of drug-likeness (QED) is 0.646. The summed E-state index contributed by atoms with van der Waals surface area (Å²) >= 11 is 6.26. The van der Waals surface area contributed by atoms with Gasteiger partial charge in [0, 0.05) is 5.38 Å². The van der Waals surface area contributed by atoms with Crippen LogP contribution in [0.5, 0.6) is 0 Å². The first kappa shape index (κ1) is 10.0. The molecule has 0 bridgehead atoms. The van der Waals surface area contributed by atoms with Gasteiger partial charge in [-0.25, -0.2) is 0 Å². The van der Waals surface area contributed by atoms with Crippen LogP contribution in [0.3, 0.4) is 0 Å². The molecular formula is C13H17Cl. The second-order valence-corrected chi connectivity index (χ2v) is 4.96. The van der Waals surface area contributed by atoms with Gasteiger partial charge < -0.3 is 0 Å². The van der Waals surface area contributed by atoms with Crippen molar-refractivity contribution in [3.05, 3.63) is 35.4 Å². The van der Waals surface area contributed by atoms with Crippen molar-refractivity contribution in [3.63, 3.8) is 0 Å². The van der Waals surface area contributed by atoms with Crippen LogP contribution in [0.25, 0.3) is 0 Å². The van der Waals surface area contributed by atoms with Crippen LogP contribution in [0.2, 0.25) is 0 Å². The molecule has 0 saturated heterocycles. The Hall–Kier alpha value is -0.490. The first-order valence-electron chi connectivity index (χ1n) is 5.45. The zero-order valence-corrected chi connectivity index (χ0v) is 9.43. The third-order valence-electron chi connectivity index (χ3n) is 3.18. The van der Waals surface area contributed by atoms with Gasteiger partial charge in [0.1, 0.15) is 0 Å². The molecule has 1 aliphatic carbocycles. The number of rotatable bonds is 2.